The molecular formula is C20H22N2O2. The Morgan fingerprint density at radius 2 is 1.08 bits per heavy atom. The predicted molar refractivity (Wildman–Crippen MR) is 98.0 cm³/mol. The molecule has 0 atom stereocenters. The maximum atomic E-state index is 5.88. The zero-order valence-corrected chi connectivity index (χ0v) is 13.7. The third-order valence-corrected chi connectivity index (χ3v) is 3.71. The van der Waals surface area contributed by atoms with E-state index in [1.165, 1.54) is 0 Å². The number of para-hydroxylation sites is 2. The fourth-order valence-electron chi connectivity index (χ4n) is 2.45. The van der Waals surface area contributed by atoms with Crippen molar-refractivity contribution in [1.29, 1.82) is 0 Å². The van der Waals surface area contributed by atoms with E-state index in [2.05, 4.69) is 9.98 Å². The van der Waals surface area contributed by atoms with E-state index in [-0.39, 0.29) is 0 Å². The first-order valence-corrected chi connectivity index (χ1v) is 8.37. The van der Waals surface area contributed by atoms with Crippen LogP contribution in [0.4, 0.5) is 0 Å². The van der Waals surface area contributed by atoms with Gasteiger partial charge in [0.2, 0.25) is 0 Å². The van der Waals surface area contributed by atoms with Gasteiger partial charge < -0.3 is 9.47 Å². The Morgan fingerprint density at radius 3 is 1.58 bits per heavy atom. The largest absolute Gasteiger partial charge is 0.493 e. The van der Waals surface area contributed by atoms with Crippen molar-refractivity contribution in [2.75, 3.05) is 26.3 Å². The zero-order valence-electron chi connectivity index (χ0n) is 13.7. The summed E-state index contributed by atoms with van der Waals surface area (Å²) >= 11 is 0. The van der Waals surface area contributed by atoms with E-state index in [0.717, 1.165) is 35.5 Å². The van der Waals surface area contributed by atoms with Gasteiger partial charge in [-0.2, -0.15) is 0 Å². The minimum absolute atomic E-state index is 0.647. The molecule has 0 unspecified atom stereocenters. The molecule has 3 rings (SSSR count). The Morgan fingerprint density at radius 1 is 0.625 bits per heavy atom. The second-order valence-corrected chi connectivity index (χ2v) is 5.55. The van der Waals surface area contributed by atoms with E-state index in [1.807, 2.05) is 61.0 Å². The molecule has 4 heteroatoms. The maximum Gasteiger partial charge on any atom is 0.128 e. The van der Waals surface area contributed by atoms with Crippen LogP contribution >= 0.6 is 0 Å². The van der Waals surface area contributed by atoms with Gasteiger partial charge in [0.05, 0.1) is 26.3 Å². The van der Waals surface area contributed by atoms with Crippen molar-refractivity contribution in [3.8, 4) is 11.5 Å². The second-order valence-electron chi connectivity index (χ2n) is 5.55. The monoisotopic (exact) mass is 322 g/mol. The first kappa shape index (κ1) is 16.2. The zero-order chi connectivity index (χ0) is 16.5. The van der Waals surface area contributed by atoms with Crippen LogP contribution in [0.2, 0.25) is 0 Å². The summed E-state index contributed by atoms with van der Waals surface area (Å²) in [5, 5.41) is 0. The molecule has 124 valence electrons. The smallest absolute Gasteiger partial charge is 0.128 e. The lowest BCUT2D eigenvalue weighted by Gasteiger charge is -2.11. The number of hydrogen-bond donors (Lipinski definition) is 0. The predicted octanol–water partition coefficient (Wildman–Crippen LogP) is 3.78. The third kappa shape index (κ3) is 4.69. The molecule has 4 nitrogen and oxygen atoms in total. The average molecular weight is 322 g/mol. The molecule has 0 radical (unpaired) electrons. The van der Waals surface area contributed by atoms with Crippen LogP contribution in [0.3, 0.4) is 0 Å². The molecule has 0 saturated carbocycles. The molecule has 0 amide bonds. The van der Waals surface area contributed by atoms with Gasteiger partial charge in [0, 0.05) is 23.6 Å². The fourth-order valence-corrected chi connectivity index (χ4v) is 2.45. The van der Waals surface area contributed by atoms with Crippen molar-refractivity contribution in [3.05, 3.63) is 59.7 Å². The van der Waals surface area contributed by atoms with E-state index >= 15 is 0 Å². The highest BCUT2D eigenvalue weighted by Crippen LogP contribution is 2.18. The van der Waals surface area contributed by atoms with Gasteiger partial charge in [-0.05, 0) is 37.1 Å². The van der Waals surface area contributed by atoms with E-state index < -0.39 is 0 Å². The molecule has 2 aromatic rings. The van der Waals surface area contributed by atoms with Crippen molar-refractivity contribution >= 4 is 12.4 Å². The van der Waals surface area contributed by atoms with Crippen molar-refractivity contribution < 1.29 is 9.47 Å². The lowest BCUT2D eigenvalue weighted by atomic mass is 10.2. The van der Waals surface area contributed by atoms with Crippen molar-refractivity contribution in [2.45, 2.75) is 12.8 Å². The SMILES string of the molecule is C1=NCCN=Cc2ccccc2OCCCCOc2ccccc21. The Hall–Kier alpha value is -2.62. The molecular weight excluding hydrogens is 300 g/mol. The molecule has 0 saturated heterocycles. The van der Waals surface area contributed by atoms with E-state index in [9.17, 15) is 0 Å². The van der Waals surface area contributed by atoms with Gasteiger partial charge in [0.15, 0.2) is 0 Å². The Kier molecular flexibility index (Phi) is 6.00. The average Bonchev–Trinajstić information content (AvgIpc) is 2.62. The van der Waals surface area contributed by atoms with Gasteiger partial charge in [0.25, 0.3) is 0 Å². The topological polar surface area (TPSA) is 43.2 Å². The first-order valence-electron chi connectivity index (χ1n) is 8.37. The molecule has 1 heterocycles. The summed E-state index contributed by atoms with van der Waals surface area (Å²) in [4.78, 5) is 8.90. The summed E-state index contributed by atoms with van der Waals surface area (Å²) in [6.07, 6.45) is 5.63. The molecule has 0 bridgehead atoms. The number of rotatable bonds is 0. The third-order valence-electron chi connectivity index (χ3n) is 3.71. The maximum absolute atomic E-state index is 5.88. The minimum atomic E-state index is 0.647. The lowest BCUT2D eigenvalue weighted by molar-refractivity contribution is 0.266. The van der Waals surface area contributed by atoms with Crippen LogP contribution in [0.5, 0.6) is 11.5 Å². The summed E-state index contributed by atoms with van der Waals surface area (Å²) in [6.45, 7) is 2.65. The normalized spacial score (nSPS) is 15.7. The Bertz CT molecular complexity index is 649. The Labute approximate surface area is 142 Å². The van der Waals surface area contributed by atoms with Gasteiger partial charge in [-0.3, -0.25) is 9.98 Å². The standard InChI is InChI=1S/C20H22N2O2/c1-3-9-19-17(7-1)15-21-11-12-22-16-18-8-2-4-10-20(18)24-14-6-5-13-23-19/h1-4,7-10,15-16H,5-6,11-14H2. The van der Waals surface area contributed by atoms with Crippen molar-refractivity contribution in [1.82, 2.24) is 0 Å². The molecule has 0 aromatic heterocycles. The van der Waals surface area contributed by atoms with Crippen LogP contribution in [0.15, 0.2) is 58.5 Å². The number of benzene rings is 2. The van der Waals surface area contributed by atoms with Crippen molar-refractivity contribution in [3.63, 3.8) is 0 Å². The highest BCUT2D eigenvalue weighted by atomic mass is 16.5. The summed E-state index contributed by atoms with van der Waals surface area (Å²) in [6, 6.07) is 16.0. The quantitative estimate of drug-likeness (QED) is 0.741. The van der Waals surface area contributed by atoms with E-state index in [1.54, 1.807) is 0 Å². The first-order chi connectivity index (χ1) is 11.9. The molecule has 24 heavy (non-hydrogen) atoms. The van der Waals surface area contributed by atoms with Gasteiger partial charge in [-0.1, -0.05) is 24.3 Å². The van der Waals surface area contributed by atoms with E-state index in [4.69, 9.17) is 9.47 Å². The van der Waals surface area contributed by atoms with Crippen LogP contribution in [-0.2, 0) is 0 Å². The summed E-state index contributed by atoms with van der Waals surface area (Å²) in [7, 11) is 0. The molecule has 0 N–H and O–H groups in total. The second kappa shape index (κ2) is 8.87. The molecule has 1 aliphatic rings. The van der Waals surface area contributed by atoms with Gasteiger partial charge >= 0.3 is 0 Å². The summed E-state index contributed by atoms with van der Waals surface area (Å²) in [5.41, 5.74) is 2.02. The van der Waals surface area contributed by atoms with Crippen LogP contribution < -0.4 is 9.47 Å². The van der Waals surface area contributed by atoms with Crippen LogP contribution in [-0.4, -0.2) is 38.7 Å². The molecule has 0 fully saturated rings. The minimum Gasteiger partial charge on any atom is -0.493 e. The van der Waals surface area contributed by atoms with Gasteiger partial charge in [-0.25, -0.2) is 0 Å². The number of aliphatic imine (C=N–C) groups is 2. The number of ether oxygens (including phenoxy) is 2. The van der Waals surface area contributed by atoms with Gasteiger partial charge in [0.1, 0.15) is 11.5 Å². The number of fused-ring (bicyclic) bond motifs is 2. The number of hydrogen-bond acceptors (Lipinski definition) is 4. The number of nitrogens with zero attached hydrogens (tertiary/aromatic N) is 2. The molecule has 1 aliphatic heterocycles. The summed E-state index contributed by atoms with van der Waals surface area (Å²) in [5.74, 6) is 1.76. The van der Waals surface area contributed by atoms with Gasteiger partial charge in [-0.15, -0.1) is 0 Å². The highest BCUT2D eigenvalue weighted by Gasteiger charge is 2.03. The Balaban J connectivity index is 1.73. The van der Waals surface area contributed by atoms with E-state index in [0.29, 0.717) is 26.3 Å². The van der Waals surface area contributed by atoms with Crippen LogP contribution in [0.25, 0.3) is 0 Å². The van der Waals surface area contributed by atoms with Crippen molar-refractivity contribution in [2.24, 2.45) is 9.98 Å². The summed E-state index contributed by atoms with van der Waals surface area (Å²) < 4.78 is 11.8. The van der Waals surface area contributed by atoms with Crippen LogP contribution in [0, 0.1) is 0 Å². The molecule has 0 spiro atoms. The highest BCUT2D eigenvalue weighted by molar-refractivity contribution is 5.84. The molecule has 2 aromatic carbocycles. The lowest BCUT2D eigenvalue weighted by Crippen LogP contribution is -2.05. The molecule has 0 aliphatic carbocycles. The fraction of sp³-hybridized carbons (Fsp3) is 0.300. The van der Waals surface area contributed by atoms with Crippen LogP contribution in [0.1, 0.15) is 24.0 Å².